The van der Waals surface area contributed by atoms with E-state index in [2.05, 4.69) is 56.7 Å². The number of hydrogen-bond acceptors (Lipinski definition) is 8. The fourth-order valence-electron chi connectivity index (χ4n) is 2.41. The number of aryl methyl sites for hydroxylation is 1. The van der Waals surface area contributed by atoms with Gasteiger partial charge in [0.05, 0.1) is 11.1 Å². The van der Waals surface area contributed by atoms with Crippen LogP contribution in [0.4, 0.5) is 0 Å². The minimum Gasteiger partial charge on any atom is -0.415 e. The summed E-state index contributed by atoms with van der Waals surface area (Å²) in [5.41, 5.74) is 3.52. The minimum atomic E-state index is 0.505. The van der Waals surface area contributed by atoms with Crippen LogP contribution in [-0.2, 0) is 5.75 Å². The van der Waals surface area contributed by atoms with E-state index in [0.29, 0.717) is 16.9 Å². The standard InChI is InChI=1S/C17H14N4OS3/c1-10-3-5-11(6-4-10)12-7-24-15-14(12)16(19-9-18-15)25-17-21-20-13(22-17)8-23-2/h3-7,9H,8H2,1-2H3. The highest BCUT2D eigenvalue weighted by Gasteiger charge is 2.16. The lowest BCUT2D eigenvalue weighted by molar-refractivity contribution is 0.426. The Balaban J connectivity index is 1.75. The molecule has 4 rings (SSSR count). The Morgan fingerprint density at radius 1 is 1.12 bits per heavy atom. The molecule has 4 aromatic rings. The van der Waals surface area contributed by atoms with Gasteiger partial charge in [-0.25, -0.2) is 9.97 Å². The van der Waals surface area contributed by atoms with Gasteiger partial charge in [-0.2, -0.15) is 11.8 Å². The second kappa shape index (κ2) is 7.15. The molecule has 0 aliphatic carbocycles. The molecule has 0 aliphatic heterocycles. The molecule has 0 aliphatic rings. The summed E-state index contributed by atoms with van der Waals surface area (Å²) in [6.45, 7) is 2.08. The van der Waals surface area contributed by atoms with Crippen molar-refractivity contribution in [3.63, 3.8) is 0 Å². The van der Waals surface area contributed by atoms with Crippen LogP contribution in [0, 0.1) is 6.92 Å². The molecule has 0 saturated carbocycles. The number of benzene rings is 1. The van der Waals surface area contributed by atoms with Crippen LogP contribution in [0.15, 0.2) is 50.6 Å². The van der Waals surface area contributed by atoms with Gasteiger partial charge < -0.3 is 4.42 Å². The third-order valence-electron chi connectivity index (χ3n) is 3.60. The molecule has 0 bridgehead atoms. The Hall–Kier alpha value is -1.90. The molecule has 126 valence electrons. The van der Waals surface area contributed by atoms with Gasteiger partial charge in [0, 0.05) is 10.9 Å². The first-order chi connectivity index (χ1) is 12.2. The number of aromatic nitrogens is 4. The third-order valence-corrected chi connectivity index (χ3v) is 5.86. The molecule has 3 aromatic heterocycles. The van der Waals surface area contributed by atoms with E-state index in [1.165, 1.54) is 17.3 Å². The van der Waals surface area contributed by atoms with Gasteiger partial charge in [-0.3, -0.25) is 0 Å². The molecule has 0 N–H and O–H groups in total. The molecule has 0 radical (unpaired) electrons. The van der Waals surface area contributed by atoms with Gasteiger partial charge in [0.1, 0.15) is 16.2 Å². The van der Waals surface area contributed by atoms with Crippen LogP contribution in [-0.4, -0.2) is 26.4 Å². The van der Waals surface area contributed by atoms with Gasteiger partial charge in [-0.05, 0) is 30.5 Å². The van der Waals surface area contributed by atoms with E-state index >= 15 is 0 Å². The molecule has 8 heteroatoms. The number of thiophene rings is 1. The second-order valence-electron chi connectivity index (χ2n) is 5.37. The Morgan fingerprint density at radius 2 is 1.96 bits per heavy atom. The molecule has 25 heavy (non-hydrogen) atoms. The average Bonchev–Trinajstić information content (AvgIpc) is 3.24. The van der Waals surface area contributed by atoms with Crippen molar-refractivity contribution in [2.75, 3.05) is 6.26 Å². The van der Waals surface area contributed by atoms with Gasteiger partial charge in [-0.15, -0.1) is 21.5 Å². The number of rotatable bonds is 5. The van der Waals surface area contributed by atoms with Crippen LogP contribution in [0.3, 0.4) is 0 Å². The summed E-state index contributed by atoms with van der Waals surface area (Å²) in [4.78, 5) is 9.82. The molecular weight excluding hydrogens is 372 g/mol. The van der Waals surface area contributed by atoms with Crippen molar-refractivity contribution in [3.05, 3.63) is 47.4 Å². The molecule has 3 heterocycles. The van der Waals surface area contributed by atoms with Crippen molar-refractivity contribution < 1.29 is 4.42 Å². The molecule has 1 aromatic carbocycles. The number of hydrogen-bond donors (Lipinski definition) is 0. The van der Waals surface area contributed by atoms with Crippen molar-refractivity contribution in [2.45, 2.75) is 22.9 Å². The molecule has 0 unspecified atom stereocenters. The first-order valence-corrected chi connectivity index (χ1v) is 10.6. The Morgan fingerprint density at radius 3 is 2.76 bits per heavy atom. The van der Waals surface area contributed by atoms with Crippen molar-refractivity contribution in [2.24, 2.45) is 0 Å². The lowest BCUT2D eigenvalue weighted by Gasteiger charge is -2.03. The van der Waals surface area contributed by atoms with Crippen molar-refractivity contribution in [3.8, 4) is 11.1 Å². The minimum absolute atomic E-state index is 0.505. The zero-order chi connectivity index (χ0) is 17.2. The highest BCUT2D eigenvalue weighted by Crippen LogP contribution is 2.39. The summed E-state index contributed by atoms with van der Waals surface area (Å²) < 4.78 is 5.68. The van der Waals surface area contributed by atoms with Crippen molar-refractivity contribution >= 4 is 45.1 Å². The Labute approximate surface area is 157 Å². The zero-order valence-electron chi connectivity index (χ0n) is 13.6. The van der Waals surface area contributed by atoms with Gasteiger partial charge in [0.15, 0.2) is 0 Å². The maximum Gasteiger partial charge on any atom is 0.282 e. The summed E-state index contributed by atoms with van der Waals surface area (Å²) >= 11 is 4.65. The van der Waals surface area contributed by atoms with Gasteiger partial charge in [0.2, 0.25) is 5.89 Å². The SMILES string of the molecule is CSCc1nnc(Sc2ncnc3scc(-c4ccc(C)cc4)c23)o1. The predicted octanol–water partition coefficient (Wildman–Crippen LogP) is 5.06. The number of thioether (sulfide) groups is 1. The largest absolute Gasteiger partial charge is 0.415 e. The molecule has 0 saturated heterocycles. The number of fused-ring (bicyclic) bond motifs is 1. The summed E-state index contributed by atoms with van der Waals surface area (Å²) in [5, 5.41) is 12.7. The first kappa shape index (κ1) is 16.6. The molecular formula is C17H14N4OS3. The lowest BCUT2D eigenvalue weighted by Crippen LogP contribution is -1.86. The fourth-order valence-corrected chi connectivity index (χ4v) is 4.55. The smallest absolute Gasteiger partial charge is 0.282 e. The first-order valence-electron chi connectivity index (χ1n) is 7.53. The quantitative estimate of drug-likeness (QED) is 0.444. The topological polar surface area (TPSA) is 64.7 Å². The molecule has 5 nitrogen and oxygen atoms in total. The van der Waals surface area contributed by atoms with E-state index in [4.69, 9.17) is 4.42 Å². The highest BCUT2D eigenvalue weighted by atomic mass is 32.2. The van der Waals surface area contributed by atoms with Gasteiger partial charge in [-0.1, -0.05) is 29.8 Å². The maximum absolute atomic E-state index is 5.68. The molecule has 0 atom stereocenters. The van der Waals surface area contributed by atoms with Crippen LogP contribution >= 0.6 is 34.9 Å². The highest BCUT2D eigenvalue weighted by molar-refractivity contribution is 7.99. The van der Waals surface area contributed by atoms with E-state index in [0.717, 1.165) is 26.4 Å². The summed E-state index contributed by atoms with van der Waals surface area (Å²) in [6.07, 6.45) is 3.59. The number of nitrogens with zero attached hydrogens (tertiary/aromatic N) is 4. The zero-order valence-corrected chi connectivity index (χ0v) is 16.0. The summed E-state index contributed by atoms with van der Waals surface area (Å²) in [6, 6.07) is 8.48. The average molecular weight is 387 g/mol. The summed E-state index contributed by atoms with van der Waals surface area (Å²) in [7, 11) is 0. The van der Waals surface area contributed by atoms with Crippen LogP contribution in [0.25, 0.3) is 21.3 Å². The van der Waals surface area contributed by atoms with Crippen LogP contribution < -0.4 is 0 Å². The van der Waals surface area contributed by atoms with Crippen LogP contribution in [0.2, 0.25) is 0 Å². The molecule has 0 fully saturated rings. The third kappa shape index (κ3) is 3.42. The predicted molar refractivity (Wildman–Crippen MR) is 103 cm³/mol. The van der Waals surface area contributed by atoms with E-state index in [-0.39, 0.29) is 0 Å². The molecule has 0 amide bonds. The Kier molecular flexibility index (Phi) is 4.74. The van der Waals surface area contributed by atoms with Gasteiger partial charge >= 0.3 is 0 Å². The monoisotopic (exact) mass is 386 g/mol. The summed E-state index contributed by atoms with van der Waals surface area (Å²) in [5.74, 6) is 1.34. The normalized spacial score (nSPS) is 11.3. The lowest BCUT2D eigenvalue weighted by atomic mass is 10.1. The maximum atomic E-state index is 5.68. The molecule has 0 spiro atoms. The van der Waals surface area contributed by atoms with Crippen molar-refractivity contribution in [1.29, 1.82) is 0 Å². The Bertz CT molecular complexity index is 1010. The van der Waals surface area contributed by atoms with Crippen LogP contribution in [0.5, 0.6) is 0 Å². The second-order valence-corrected chi connectivity index (χ2v) is 8.04. The van der Waals surface area contributed by atoms with E-state index < -0.39 is 0 Å². The van der Waals surface area contributed by atoms with Crippen LogP contribution in [0.1, 0.15) is 11.5 Å². The fraction of sp³-hybridized carbons (Fsp3) is 0.176. The van der Waals surface area contributed by atoms with E-state index in [1.807, 2.05) is 6.26 Å². The van der Waals surface area contributed by atoms with Crippen molar-refractivity contribution in [1.82, 2.24) is 20.2 Å². The van der Waals surface area contributed by atoms with E-state index in [1.54, 1.807) is 29.4 Å². The van der Waals surface area contributed by atoms with Gasteiger partial charge in [0.25, 0.3) is 5.22 Å². The van der Waals surface area contributed by atoms with E-state index in [9.17, 15) is 0 Å².